The molecule has 122 valence electrons. The second-order valence-corrected chi connectivity index (χ2v) is 5.91. The smallest absolute Gasteiger partial charge is 0.368 e. The van der Waals surface area contributed by atoms with Crippen molar-refractivity contribution in [3.8, 4) is 11.5 Å². The summed E-state index contributed by atoms with van der Waals surface area (Å²) in [6, 6.07) is 12.9. The molecule has 1 aliphatic heterocycles. The zero-order valence-electron chi connectivity index (χ0n) is 13.1. The molecule has 0 aliphatic carbocycles. The van der Waals surface area contributed by atoms with E-state index in [1.54, 1.807) is 32.4 Å². The van der Waals surface area contributed by atoms with Gasteiger partial charge in [0, 0.05) is 10.0 Å². The molecule has 6 heteroatoms. The molecule has 24 heavy (non-hydrogen) atoms. The topological polar surface area (TPSA) is 57.1 Å². The lowest BCUT2D eigenvalue weighted by molar-refractivity contribution is -0.136. The first kappa shape index (κ1) is 16.3. The minimum absolute atomic E-state index is 0.393. The zero-order chi connectivity index (χ0) is 17.1. The predicted octanol–water partition coefficient (Wildman–Crippen LogP) is 3.81. The summed E-state index contributed by atoms with van der Waals surface area (Å²) in [6.45, 7) is 0. The summed E-state index contributed by atoms with van der Waals surface area (Å²) in [5, 5.41) is 3.90. The summed E-state index contributed by atoms with van der Waals surface area (Å²) >= 11 is 3.39. The van der Waals surface area contributed by atoms with Crippen LogP contribution in [0.25, 0.3) is 6.08 Å². The van der Waals surface area contributed by atoms with Crippen LogP contribution in [0.4, 0.5) is 0 Å². The normalized spacial score (nSPS) is 15.2. The molecule has 0 saturated carbocycles. The van der Waals surface area contributed by atoms with E-state index in [0.717, 1.165) is 15.6 Å². The summed E-state index contributed by atoms with van der Waals surface area (Å²) < 4.78 is 11.5. The summed E-state index contributed by atoms with van der Waals surface area (Å²) in [5.41, 5.74) is 2.48. The van der Waals surface area contributed by atoms with Crippen molar-refractivity contribution in [1.29, 1.82) is 0 Å². The number of rotatable bonds is 4. The fourth-order valence-electron chi connectivity index (χ4n) is 2.33. The highest BCUT2D eigenvalue weighted by molar-refractivity contribution is 9.10. The molecule has 0 unspecified atom stereocenters. The van der Waals surface area contributed by atoms with Gasteiger partial charge in [-0.05, 0) is 35.9 Å². The maximum atomic E-state index is 12.0. The Labute approximate surface area is 147 Å². The zero-order valence-corrected chi connectivity index (χ0v) is 14.7. The third kappa shape index (κ3) is 3.19. The fourth-order valence-corrected chi connectivity index (χ4v) is 2.60. The van der Waals surface area contributed by atoms with Crippen LogP contribution in [-0.2, 0) is 9.63 Å². The predicted molar refractivity (Wildman–Crippen MR) is 94.3 cm³/mol. The number of oxime groups is 1. The van der Waals surface area contributed by atoms with E-state index < -0.39 is 5.97 Å². The highest BCUT2D eigenvalue weighted by Gasteiger charge is 2.26. The molecule has 2 aromatic carbocycles. The molecule has 0 spiro atoms. The Kier molecular flexibility index (Phi) is 4.66. The van der Waals surface area contributed by atoms with E-state index in [0.29, 0.717) is 22.8 Å². The van der Waals surface area contributed by atoms with Crippen molar-refractivity contribution < 1.29 is 19.1 Å². The van der Waals surface area contributed by atoms with Crippen molar-refractivity contribution in [3.05, 3.63) is 63.6 Å². The molecule has 0 amide bonds. The Morgan fingerprint density at radius 2 is 1.75 bits per heavy atom. The monoisotopic (exact) mass is 387 g/mol. The van der Waals surface area contributed by atoms with Gasteiger partial charge in [0.1, 0.15) is 5.71 Å². The van der Waals surface area contributed by atoms with Crippen LogP contribution in [0.1, 0.15) is 11.1 Å². The van der Waals surface area contributed by atoms with Gasteiger partial charge in [-0.2, -0.15) is 0 Å². The van der Waals surface area contributed by atoms with Crippen molar-refractivity contribution in [2.24, 2.45) is 5.16 Å². The van der Waals surface area contributed by atoms with Crippen LogP contribution in [-0.4, -0.2) is 25.9 Å². The molecular weight excluding hydrogens is 374 g/mol. The third-order valence-corrected chi connectivity index (χ3v) is 4.06. The largest absolute Gasteiger partial charge is 0.493 e. The molecule has 0 N–H and O–H groups in total. The van der Waals surface area contributed by atoms with E-state index in [4.69, 9.17) is 14.3 Å². The average Bonchev–Trinajstić information content (AvgIpc) is 2.96. The molecule has 0 bridgehead atoms. The van der Waals surface area contributed by atoms with E-state index in [-0.39, 0.29) is 0 Å². The number of methoxy groups -OCH3 is 2. The Morgan fingerprint density at radius 3 is 2.42 bits per heavy atom. The Morgan fingerprint density at radius 1 is 1.04 bits per heavy atom. The van der Waals surface area contributed by atoms with Gasteiger partial charge >= 0.3 is 5.97 Å². The van der Waals surface area contributed by atoms with Gasteiger partial charge in [-0.1, -0.05) is 39.3 Å². The van der Waals surface area contributed by atoms with Crippen molar-refractivity contribution in [3.63, 3.8) is 0 Å². The van der Waals surface area contributed by atoms with Gasteiger partial charge in [0.2, 0.25) is 0 Å². The van der Waals surface area contributed by atoms with Crippen molar-refractivity contribution in [2.75, 3.05) is 14.2 Å². The minimum atomic E-state index is -0.484. The molecule has 0 saturated heterocycles. The quantitative estimate of drug-likeness (QED) is 0.591. The molecule has 0 radical (unpaired) electrons. The molecule has 1 heterocycles. The average molecular weight is 388 g/mol. The van der Waals surface area contributed by atoms with E-state index in [1.165, 1.54) is 0 Å². The van der Waals surface area contributed by atoms with Gasteiger partial charge in [0.25, 0.3) is 0 Å². The fraction of sp³-hybridized carbons (Fsp3) is 0.111. The number of carbonyl (C=O) groups is 1. The van der Waals surface area contributed by atoms with Crippen molar-refractivity contribution in [2.45, 2.75) is 0 Å². The van der Waals surface area contributed by atoms with Crippen LogP contribution in [0.15, 0.2) is 57.7 Å². The first-order valence-corrected chi connectivity index (χ1v) is 7.91. The first-order valence-electron chi connectivity index (χ1n) is 7.11. The van der Waals surface area contributed by atoms with Gasteiger partial charge in [-0.25, -0.2) is 4.79 Å². The van der Waals surface area contributed by atoms with Gasteiger partial charge in [-0.3, -0.25) is 0 Å². The lowest BCUT2D eigenvalue weighted by Gasteiger charge is -2.08. The number of benzene rings is 2. The number of nitrogens with zero attached hydrogens (tertiary/aromatic N) is 1. The van der Waals surface area contributed by atoms with E-state index in [1.807, 2.05) is 30.3 Å². The second-order valence-electron chi connectivity index (χ2n) is 5.00. The molecule has 0 fully saturated rings. The summed E-state index contributed by atoms with van der Waals surface area (Å²) in [4.78, 5) is 16.9. The first-order chi connectivity index (χ1) is 11.6. The molecule has 5 nitrogen and oxygen atoms in total. The number of carbonyl (C=O) groups excluding carboxylic acids is 1. The van der Waals surface area contributed by atoms with Crippen LogP contribution in [0, 0.1) is 0 Å². The van der Waals surface area contributed by atoms with Crippen LogP contribution >= 0.6 is 15.9 Å². The van der Waals surface area contributed by atoms with Crippen molar-refractivity contribution >= 4 is 33.7 Å². The van der Waals surface area contributed by atoms with E-state index in [2.05, 4.69) is 21.1 Å². The minimum Gasteiger partial charge on any atom is -0.493 e. The maximum Gasteiger partial charge on any atom is 0.368 e. The number of hydrogen-bond donors (Lipinski definition) is 0. The molecular formula is C18H14BrNO4. The Balaban J connectivity index is 1.99. The molecule has 2 aromatic rings. The number of halogens is 1. The van der Waals surface area contributed by atoms with Gasteiger partial charge in [-0.15, -0.1) is 0 Å². The Bertz CT molecular complexity index is 841. The van der Waals surface area contributed by atoms with Crippen LogP contribution in [0.3, 0.4) is 0 Å². The maximum absolute atomic E-state index is 12.0. The highest BCUT2D eigenvalue weighted by Crippen LogP contribution is 2.29. The lowest BCUT2D eigenvalue weighted by atomic mass is 10.0. The molecule has 0 aromatic heterocycles. The van der Waals surface area contributed by atoms with Gasteiger partial charge in [0.05, 0.1) is 19.8 Å². The van der Waals surface area contributed by atoms with Crippen LogP contribution in [0.5, 0.6) is 11.5 Å². The Hall–Kier alpha value is -2.60. The van der Waals surface area contributed by atoms with Crippen LogP contribution in [0.2, 0.25) is 0 Å². The SMILES string of the molecule is COc1ccc(/C=C2/C(=O)ON=C2c2ccc(Br)cc2)cc1OC. The molecule has 0 atom stereocenters. The lowest BCUT2D eigenvalue weighted by Crippen LogP contribution is -2.06. The number of ether oxygens (including phenoxy) is 2. The third-order valence-electron chi connectivity index (χ3n) is 3.53. The molecule has 1 aliphatic rings. The summed E-state index contributed by atoms with van der Waals surface area (Å²) in [7, 11) is 3.13. The summed E-state index contributed by atoms with van der Waals surface area (Å²) in [5.74, 6) is 0.721. The highest BCUT2D eigenvalue weighted by atomic mass is 79.9. The van der Waals surface area contributed by atoms with Gasteiger partial charge in [0.15, 0.2) is 11.5 Å². The second kappa shape index (κ2) is 6.88. The van der Waals surface area contributed by atoms with Crippen molar-refractivity contribution in [1.82, 2.24) is 0 Å². The number of hydrogen-bond acceptors (Lipinski definition) is 5. The van der Waals surface area contributed by atoms with Gasteiger partial charge < -0.3 is 14.3 Å². The van der Waals surface area contributed by atoms with E-state index >= 15 is 0 Å². The summed E-state index contributed by atoms with van der Waals surface area (Å²) in [6.07, 6.45) is 1.72. The van der Waals surface area contributed by atoms with E-state index in [9.17, 15) is 4.79 Å². The standard InChI is InChI=1S/C18H14BrNO4/c1-22-15-8-3-11(10-16(15)23-2)9-14-17(20-24-18(14)21)12-4-6-13(19)7-5-12/h3-10H,1-2H3/b14-9+. The van der Waals surface area contributed by atoms with Crippen LogP contribution < -0.4 is 9.47 Å². The molecule has 3 rings (SSSR count).